The topological polar surface area (TPSA) is 20.2 Å². The predicted octanol–water partition coefficient (Wildman–Crippen LogP) is 3.42. The maximum atomic E-state index is 9.75. The van der Waals surface area contributed by atoms with Crippen molar-refractivity contribution in [1.82, 2.24) is 0 Å². The summed E-state index contributed by atoms with van der Waals surface area (Å²) in [5.74, 6) is 0. The molecule has 0 aliphatic rings. The molecule has 0 bridgehead atoms. The van der Waals surface area contributed by atoms with E-state index < -0.39 is 6.10 Å². The van der Waals surface area contributed by atoms with Crippen molar-refractivity contribution >= 4 is 27.5 Å². The van der Waals surface area contributed by atoms with Crippen LogP contribution in [0.1, 0.15) is 24.2 Å². The Morgan fingerprint density at radius 1 is 1.46 bits per heavy atom. The Morgan fingerprint density at radius 2 is 2.08 bits per heavy atom. The van der Waals surface area contributed by atoms with Gasteiger partial charge in [0.15, 0.2) is 0 Å². The molecule has 0 saturated heterocycles. The molecule has 1 aromatic carbocycles. The second-order valence-electron chi connectivity index (χ2n) is 3.12. The third-order valence-corrected chi connectivity index (χ3v) is 2.73. The fraction of sp³-hybridized carbons (Fsp3) is 0.400. The third kappa shape index (κ3) is 2.70. The van der Waals surface area contributed by atoms with Crippen molar-refractivity contribution in [3.63, 3.8) is 0 Å². The normalized spacial score (nSPS) is 15.5. The number of halogens is 2. The Bertz CT molecular complexity index is 299. The number of hydrogen-bond acceptors (Lipinski definition) is 1. The molecule has 3 heteroatoms. The first-order valence-corrected chi connectivity index (χ1v) is 5.33. The van der Waals surface area contributed by atoms with Crippen molar-refractivity contribution in [1.29, 1.82) is 0 Å². The van der Waals surface area contributed by atoms with E-state index in [-0.39, 0.29) is 5.38 Å². The Kier molecular flexibility index (Phi) is 3.77. The summed E-state index contributed by atoms with van der Waals surface area (Å²) in [6.45, 7) is 3.75. The van der Waals surface area contributed by atoms with Crippen LogP contribution in [0.3, 0.4) is 0 Å². The molecular weight excluding hydrogens is 251 g/mol. The molecule has 0 radical (unpaired) electrons. The molecule has 0 heterocycles. The summed E-state index contributed by atoms with van der Waals surface area (Å²) in [5.41, 5.74) is 1.94. The lowest BCUT2D eigenvalue weighted by molar-refractivity contribution is 0.176. The quantitative estimate of drug-likeness (QED) is 0.811. The molecule has 1 nitrogen and oxygen atoms in total. The van der Waals surface area contributed by atoms with Crippen LogP contribution in [0.4, 0.5) is 0 Å². The van der Waals surface area contributed by atoms with Gasteiger partial charge in [-0.2, -0.15) is 0 Å². The Balaban J connectivity index is 3.05. The van der Waals surface area contributed by atoms with Crippen LogP contribution in [0.2, 0.25) is 0 Å². The first-order chi connectivity index (χ1) is 6.02. The van der Waals surface area contributed by atoms with Gasteiger partial charge in [-0.25, -0.2) is 0 Å². The summed E-state index contributed by atoms with van der Waals surface area (Å²) in [4.78, 5) is 0. The SMILES string of the molecule is Cc1ccc(Br)cc1C(O)C(C)Cl. The maximum absolute atomic E-state index is 9.75. The number of aryl methyl sites for hydroxylation is 1. The average Bonchev–Trinajstić information content (AvgIpc) is 2.08. The second-order valence-corrected chi connectivity index (χ2v) is 4.73. The van der Waals surface area contributed by atoms with E-state index in [1.807, 2.05) is 25.1 Å². The van der Waals surface area contributed by atoms with E-state index in [2.05, 4.69) is 15.9 Å². The number of rotatable bonds is 2. The van der Waals surface area contributed by atoms with Crippen LogP contribution in [0.15, 0.2) is 22.7 Å². The van der Waals surface area contributed by atoms with Gasteiger partial charge in [0.1, 0.15) is 0 Å². The Hall–Kier alpha value is -0.0500. The highest BCUT2D eigenvalue weighted by molar-refractivity contribution is 9.10. The molecular formula is C10H12BrClO. The highest BCUT2D eigenvalue weighted by Crippen LogP contribution is 2.26. The van der Waals surface area contributed by atoms with E-state index >= 15 is 0 Å². The molecule has 0 spiro atoms. The van der Waals surface area contributed by atoms with Crippen molar-refractivity contribution in [3.05, 3.63) is 33.8 Å². The van der Waals surface area contributed by atoms with Crippen LogP contribution in [-0.2, 0) is 0 Å². The van der Waals surface area contributed by atoms with Gasteiger partial charge in [0, 0.05) is 4.47 Å². The van der Waals surface area contributed by atoms with Crippen LogP contribution in [0, 0.1) is 6.92 Å². The smallest absolute Gasteiger partial charge is 0.0953 e. The summed E-state index contributed by atoms with van der Waals surface area (Å²) >= 11 is 9.18. The van der Waals surface area contributed by atoms with Crippen LogP contribution < -0.4 is 0 Å². The fourth-order valence-electron chi connectivity index (χ4n) is 1.18. The van der Waals surface area contributed by atoms with Gasteiger partial charge in [0.25, 0.3) is 0 Å². The Labute approximate surface area is 91.9 Å². The zero-order valence-corrected chi connectivity index (χ0v) is 9.93. The van der Waals surface area contributed by atoms with Gasteiger partial charge in [-0.05, 0) is 37.1 Å². The minimum atomic E-state index is -0.598. The van der Waals surface area contributed by atoms with Crippen molar-refractivity contribution in [3.8, 4) is 0 Å². The summed E-state index contributed by atoms with van der Waals surface area (Å²) < 4.78 is 0.962. The molecule has 0 fully saturated rings. The van der Waals surface area contributed by atoms with Gasteiger partial charge in [0.2, 0.25) is 0 Å². The lowest BCUT2D eigenvalue weighted by Gasteiger charge is -2.15. The standard InChI is InChI=1S/C10H12BrClO/c1-6-3-4-8(11)5-9(6)10(13)7(2)12/h3-5,7,10,13H,1-2H3. The molecule has 0 saturated carbocycles. The number of aliphatic hydroxyl groups excluding tert-OH is 1. The highest BCUT2D eigenvalue weighted by atomic mass is 79.9. The van der Waals surface area contributed by atoms with E-state index in [0.717, 1.165) is 15.6 Å². The van der Waals surface area contributed by atoms with Gasteiger partial charge in [-0.3, -0.25) is 0 Å². The van der Waals surface area contributed by atoms with E-state index in [1.54, 1.807) is 6.92 Å². The van der Waals surface area contributed by atoms with Gasteiger partial charge in [-0.15, -0.1) is 11.6 Å². The molecule has 2 atom stereocenters. The highest BCUT2D eigenvalue weighted by Gasteiger charge is 2.15. The van der Waals surface area contributed by atoms with E-state index in [4.69, 9.17) is 11.6 Å². The van der Waals surface area contributed by atoms with E-state index in [9.17, 15) is 5.11 Å². The summed E-state index contributed by atoms with van der Waals surface area (Å²) in [6, 6.07) is 5.81. The predicted molar refractivity (Wildman–Crippen MR) is 59.2 cm³/mol. The lowest BCUT2D eigenvalue weighted by Crippen LogP contribution is -2.09. The molecule has 0 amide bonds. The minimum absolute atomic E-state index is 0.270. The van der Waals surface area contributed by atoms with Crippen LogP contribution in [0.5, 0.6) is 0 Å². The van der Waals surface area contributed by atoms with Crippen LogP contribution in [-0.4, -0.2) is 10.5 Å². The fourth-order valence-corrected chi connectivity index (χ4v) is 1.69. The number of benzene rings is 1. The zero-order valence-electron chi connectivity index (χ0n) is 7.59. The molecule has 0 aliphatic heterocycles. The monoisotopic (exact) mass is 262 g/mol. The molecule has 2 unspecified atom stereocenters. The summed E-state index contributed by atoms with van der Waals surface area (Å²) in [5, 5.41) is 9.48. The van der Waals surface area contributed by atoms with Crippen molar-refractivity contribution < 1.29 is 5.11 Å². The Morgan fingerprint density at radius 3 is 2.62 bits per heavy atom. The largest absolute Gasteiger partial charge is 0.387 e. The number of alkyl halides is 1. The van der Waals surface area contributed by atoms with Crippen molar-refractivity contribution in [2.24, 2.45) is 0 Å². The third-order valence-electron chi connectivity index (χ3n) is 2.00. The molecule has 0 aliphatic carbocycles. The summed E-state index contributed by atoms with van der Waals surface area (Å²) in [6.07, 6.45) is -0.598. The number of aliphatic hydroxyl groups is 1. The molecule has 72 valence electrons. The van der Waals surface area contributed by atoms with Gasteiger partial charge < -0.3 is 5.11 Å². The first kappa shape index (κ1) is 11.0. The zero-order chi connectivity index (χ0) is 10.0. The molecule has 1 aromatic rings. The minimum Gasteiger partial charge on any atom is -0.387 e. The first-order valence-electron chi connectivity index (χ1n) is 4.10. The van der Waals surface area contributed by atoms with Gasteiger partial charge in [-0.1, -0.05) is 22.0 Å². The number of hydrogen-bond donors (Lipinski definition) is 1. The lowest BCUT2D eigenvalue weighted by atomic mass is 10.0. The maximum Gasteiger partial charge on any atom is 0.0953 e. The average molecular weight is 264 g/mol. The molecule has 0 aromatic heterocycles. The van der Waals surface area contributed by atoms with Crippen LogP contribution in [0.25, 0.3) is 0 Å². The molecule has 1 rings (SSSR count). The van der Waals surface area contributed by atoms with Gasteiger partial charge >= 0.3 is 0 Å². The van der Waals surface area contributed by atoms with Gasteiger partial charge in [0.05, 0.1) is 11.5 Å². The van der Waals surface area contributed by atoms with Crippen molar-refractivity contribution in [2.75, 3.05) is 0 Å². The van der Waals surface area contributed by atoms with Crippen molar-refractivity contribution in [2.45, 2.75) is 25.3 Å². The second kappa shape index (κ2) is 4.45. The van der Waals surface area contributed by atoms with E-state index in [0.29, 0.717) is 0 Å². The summed E-state index contributed by atoms with van der Waals surface area (Å²) in [7, 11) is 0. The van der Waals surface area contributed by atoms with Crippen LogP contribution >= 0.6 is 27.5 Å². The molecule has 13 heavy (non-hydrogen) atoms. The molecule has 1 N–H and O–H groups in total. The van der Waals surface area contributed by atoms with E-state index in [1.165, 1.54) is 0 Å².